The molecule has 176 valence electrons. The minimum atomic E-state index is -0.200. The maximum atomic E-state index is 13.1. The molecule has 34 heavy (non-hydrogen) atoms. The lowest BCUT2D eigenvalue weighted by molar-refractivity contribution is 0.0917. The van der Waals surface area contributed by atoms with E-state index >= 15 is 0 Å². The Morgan fingerprint density at radius 3 is 2.21 bits per heavy atom. The van der Waals surface area contributed by atoms with E-state index in [-0.39, 0.29) is 23.8 Å². The van der Waals surface area contributed by atoms with Crippen LogP contribution >= 0.6 is 0 Å². The van der Waals surface area contributed by atoms with Crippen molar-refractivity contribution >= 4 is 23.5 Å². The van der Waals surface area contributed by atoms with Crippen LogP contribution in [0.15, 0.2) is 60.8 Å². The summed E-state index contributed by atoms with van der Waals surface area (Å²) in [4.78, 5) is 37.0. The molecule has 1 fully saturated rings. The van der Waals surface area contributed by atoms with E-state index in [0.29, 0.717) is 22.6 Å². The lowest BCUT2D eigenvalue weighted by atomic mass is 9.90. The summed E-state index contributed by atoms with van der Waals surface area (Å²) in [6.45, 7) is 1.98. The van der Waals surface area contributed by atoms with Crippen molar-refractivity contribution in [2.24, 2.45) is 0 Å². The molecule has 0 radical (unpaired) electrons. The molecule has 1 amide bonds. The molecule has 1 heterocycles. The molecular weight excluding hydrogens is 426 g/mol. The molecule has 4 rings (SSSR count). The molecule has 7 nitrogen and oxygen atoms in total. The van der Waals surface area contributed by atoms with Gasteiger partial charge < -0.3 is 15.5 Å². The summed E-state index contributed by atoms with van der Waals surface area (Å²) < 4.78 is 0. The van der Waals surface area contributed by atoms with Gasteiger partial charge in [0.05, 0.1) is 5.56 Å². The Hall–Kier alpha value is -3.74. The van der Waals surface area contributed by atoms with Crippen molar-refractivity contribution in [3.8, 4) is 0 Å². The molecule has 1 aliphatic carbocycles. The molecule has 0 bridgehead atoms. The van der Waals surface area contributed by atoms with Crippen molar-refractivity contribution in [3.63, 3.8) is 0 Å². The summed E-state index contributed by atoms with van der Waals surface area (Å²) in [7, 11) is 3.90. The average Bonchev–Trinajstić information content (AvgIpc) is 2.85. The number of aryl methyl sites for hydroxylation is 1. The topological polar surface area (TPSA) is 87.2 Å². The maximum Gasteiger partial charge on any atom is 0.252 e. The van der Waals surface area contributed by atoms with Crippen molar-refractivity contribution in [2.45, 2.75) is 44.7 Å². The van der Waals surface area contributed by atoms with Crippen LogP contribution in [0.5, 0.6) is 0 Å². The zero-order valence-corrected chi connectivity index (χ0v) is 19.9. The number of ketones is 1. The first-order valence-corrected chi connectivity index (χ1v) is 11.7. The Morgan fingerprint density at radius 1 is 0.882 bits per heavy atom. The standard InChI is InChI=1S/C27H31N5O2/c1-18-8-10-19(11-9-18)25(33)22-6-4-5-7-23(22)26(34)29-20-12-14-21(15-13-20)30-27-28-17-16-24(31-27)32(2)3/h4-11,16-17,20-21H,12-15H2,1-3H3,(H,29,34)(H,28,30,31). The molecule has 0 atom stereocenters. The number of benzene rings is 2. The molecule has 0 spiro atoms. The predicted molar refractivity (Wildman–Crippen MR) is 135 cm³/mol. The van der Waals surface area contributed by atoms with Gasteiger partial charge in [0.25, 0.3) is 5.91 Å². The minimum Gasteiger partial charge on any atom is -0.363 e. The van der Waals surface area contributed by atoms with E-state index in [1.165, 1.54) is 0 Å². The van der Waals surface area contributed by atoms with Crippen LogP contribution in [-0.2, 0) is 0 Å². The Balaban J connectivity index is 1.36. The van der Waals surface area contributed by atoms with Crippen LogP contribution in [0.2, 0.25) is 0 Å². The molecule has 3 aromatic rings. The van der Waals surface area contributed by atoms with Crippen LogP contribution < -0.4 is 15.5 Å². The van der Waals surface area contributed by atoms with E-state index < -0.39 is 0 Å². The molecule has 1 saturated carbocycles. The minimum absolute atomic E-state index is 0.0714. The maximum absolute atomic E-state index is 13.1. The highest BCUT2D eigenvalue weighted by Crippen LogP contribution is 2.23. The highest BCUT2D eigenvalue weighted by Gasteiger charge is 2.25. The molecule has 0 unspecified atom stereocenters. The molecule has 1 aliphatic rings. The van der Waals surface area contributed by atoms with Gasteiger partial charge in [0.1, 0.15) is 5.82 Å². The van der Waals surface area contributed by atoms with Crippen LogP contribution in [-0.4, -0.2) is 47.8 Å². The molecule has 2 N–H and O–H groups in total. The molecule has 1 aromatic heterocycles. The Kier molecular flexibility index (Phi) is 7.21. The monoisotopic (exact) mass is 457 g/mol. The smallest absolute Gasteiger partial charge is 0.252 e. The normalized spacial score (nSPS) is 17.6. The van der Waals surface area contributed by atoms with Crippen LogP contribution in [0, 0.1) is 6.92 Å². The largest absolute Gasteiger partial charge is 0.363 e. The van der Waals surface area contributed by atoms with Crippen molar-refractivity contribution in [3.05, 3.63) is 83.0 Å². The number of aromatic nitrogens is 2. The van der Waals surface area contributed by atoms with Gasteiger partial charge in [-0.25, -0.2) is 4.98 Å². The van der Waals surface area contributed by atoms with E-state index in [1.807, 2.05) is 44.1 Å². The molecule has 0 aliphatic heterocycles. The highest BCUT2D eigenvalue weighted by molar-refractivity contribution is 6.15. The van der Waals surface area contributed by atoms with Crippen LogP contribution in [0.3, 0.4) is 0 Å². The fourth-order valence-corrected chi connectivity index (χ4v) is 4.24. The van der Waals surface area contributed by atoms with Crippen LogP contribution in [0.4, 0.5) is 11.8 Å². The number of amides is 1. The number of nitrogens with zero attached hydrogens (tertiary/aromatic N) is 3. The fraction of sp³-hybridized carbons (Fsp3) is 0.333. The molecule has 7 heteroatoms. The molecular formula is C27H31N5O2. The van der Waals surface area contributed by atoms with Gasteiger partial charge in [-0.3, -0.25) is 9.59 Å². The summed E-state index contributed by atoms with van der Waals surface area (Å²) in [5.41, 5.74) is 2.52. The van der Waals surface area contributed by atoms with Crippen molar-refractivity contribution < 1.29 is 9.59 Å². The van der Waals surface area contributed by atoms with E-state index in [4.69, 9.17) is 0 Å². The van der Waals surface area contributed by atoms with Gasteiger partial charge in [0.15, 0.2) is 5.78 Å². The second-order valence-electron chi connectivity index (χ2n) is 9.04. The number of nitrogens with one attached hydrogen (secondary N) is 2. The Morgan fingerprint density at radius 2 is 1.53 bits per heavy atom. The second-order valence-corrected chi connectivity index (χ2v) is 9.04. The zero-order valence-electron chi connectivity index (χ0n) is 19.9. The van der Waals surface area contributed by atoms with Gasteiger partial charge in [-0.05, 0) is 44.7 Å². The van der Waals surface area contributed by atoms with E-state index in [9.17, 15) is 9.59 Å². The van der Waals surface area contributed by atoms with Gasteiger partial charge in [-0.1, -0.05) is 48.0 Å². The SMILES string of the molecule is Cc1ccc(C(=O)c2ccccc2C(=O)NC2CCC(Nc3nccc(N(C)C)n3)CC2)cc1. The molecule has 0 saturated heterocycles. The number of carbonyl (C=O) groups is 2. The Labute approximate surface area is 200 Å². The summed E-state index contributed by atoms with van der Waals surface area (Å²) >= 11 is 0. The first kappa shape index (κ1) is 23.4. The van der Waals surface area contributed by atoms with Gasteiger partial charge >= 0.3 is 0 Å². The third-order valence-electron chi connectivity index (χ3n) is 6.22. The quantitative estimate of drug-likeness (QED) is 0.516. The third-order valence-corrected chi connectivity index (χ3v) is 6.22. The van der Waals surface area contributed by atoms with E-state index in [2.05, 4.69) is 20.6 Å². The summed E-state index contributed by atoms with van der Waals surface area (Å²) in [6, 6.07) is 16.7. The molecule has 2 aromatic carbocycles. The van der Waals surface area contributed by atoms with Gasteiger partial charge in [0, 0.05) is 43.5 Å². The van der Waals surface area contributed by atoms with Crippen LogP contribution in [0.1, 0.15) is 57.5 Å². The van der Waals surface area contributed by atoms with E-state index in [1.54, 1.807) is 42.6 Å². The number of carbonyl (C=O) groups excluding carboxylic acids is 2. The van der Waals surface area contributed by atoms with Crippen molar-refractivity contribution in [2.75, 3.05) is 24.3 Å². The zero-order chi connectivity index (χ0) is 24.1. The average molecular weight is 458 g/mol. The lowest BCUT2D eigenvalue weighted by Gasteiger charge is -2.30. The predicted octanol–water partition coefficient (Wildman–Crippen LogP) is 4.24. The first-order chi connectivity index (χ1) is 16.4. The van der Waals surface area contributed by atoms with Gasteiger partial charge in [0.2, 0.25) is 5.95 Å². The summed E-state index contributed by atoms with van der Waals surface area (Å²) in [5.74, 6) is 1.15. The van der Waals surface area contributed by atoms with E-state index in [0.717, 1.165) is 37.1 Å². The number of rotatable bonds is 7. The van der Waals surface area contributed by atoms with Crippen LogP contribution in [0.25, 0.3) is 0 Å². The summed E-state index contributed by atoms with van der Waals surface area (Å²) in [6.07, 6.45) is 5.27. The Bertz CT molecular complexity index is 1150. The number of hydrogen-bond donors (Lipinski definition) is 2. The first-order valence-electron chi connectivity index (χ1n) is 11.7. The highest BCUT2D eigenvalue weighted by atomic mass is 16.2. The number of anilines is 2. The summed E-state index contributed by atoms with van der Waals surface area (Å²) in [5, 5.41) is 6.56. The number of hydrogen-bond acceptors (Lipinski definition) is 6. The lowest BCUT2D eigenvalue weighted by Crippen LogP contribution is -2.40. The third kappa shape index (κ3) is 5.60. The second kappa shape index (κ2) is 10.5. The van der Waals surface area contributed by atoms with Gasteiger partial charge in [-0.2, -0.15) is 4.98 Å². The van der Waals surface area contributed by atoms with Crippen molar-refractivity contribution in [1.82, 2.24) is 15.3 Å². The van der Waals surface area contributed by atoms with Gasteiger partial charge in [-0.15, -0.1) is 0 Å². The fourth-order valence-electron chi connectivity index (χ4n) is 4.24. The van der Waals surface area contributed by atoms with Crippen molar-refractivity contribution in [1.29, 1.82) is 0 Å².